The minimum Gasteiger partial charge on any atom is -0.373 e. The summed E-state index contributed by atoms with van der Waals surface area (Å²) in [4.78, 5) is 4.65. The number of benzene rings is 1. The molecule has 0 aliphatic heterocycles. The number of anilines is 1. The Morgan fingerprint density at radius 3 is 2.90 bits per heavy atom. The van der Waals surface area contributed by atoms with E-state index in [1.807, 2.05) is 36.9 Å². The van der Waals surface area contributed by atoms with Crippen molar-refractivity contribution < 1.29 is 0 Å². The normalized spacial score (nSPS) is 10.9. The highest BCUT2D eigenvalue weighted by Crippen LogP contribution is 2.26. The van der Waals surface area contributed by atoms with E-state index in [0.717, 1.165) is 27.6 Å². The van der Waals surface area contributed by atoms with Crippen LogP contribution < -0.4 is 5.32 Å². The topological polar surface area (TPSA) is 55.6 Å². The fourth-order valence-corrected chi connectivity index (χ4v) is 2.89. The van der Waals surface area contributed by atoms with Gasteiger partial charge in [-0.05, 0) is 12.1 Å². The van der Waals surface area contributed by atoms with Crippen LogP contribution in [0.5, 0.6) is 0 Å². The van der Waals surface area contributed by atoms with Gasteiger partial charge < -0.3 is 9.88 Å². The zero-order valence-electron chi connectivity index (χ0n) is 11.4. The molecule has 1 aromatic carbocycles. The number of para-hydroxylation sites is 1. The molecule has 3 aromatic rings. The number of nitrogens with one attached hydrogen (secondary N) is 1. The number of rotatable bonds is 4. The third-order valence-electron chi connectivity index (χ3n) is 3.07. The number of fused-ring (bicyclic) bond motifs is 1. The van der Waals surface area contributed by atoms with Gasteiger partial charge in [-0.25, -0.2) is 4.98 Å². The van der Waals surface area contributed by atoms with Crippen molar-refractivity contribution in [2.75, 3.05) is 12.4 Å². The molecule has 0 aliphatic carbocycles. The molecule has 0 saturated heterocycles. The molecule has 0 atom stereocenters. The van der Waals surface area contributed by atoms with Crippen LogP contribution in [0.4, 0.5) is 5.82 Å². The Bertz CT molecular complexity index is 737. The maximum absolute atomic E-state index is 4.65. The van der Waals surface area contributed by atoms with Gasteiger partial charge in [0.25, 0.3) is 0 Å². The van der Waals surface area contributed by atoms with E-state index in [0.29, 0.717) is 0 Å². The molecular formula is C14H15N5S. The van der Waals surface area contributed by atoms with Crippen molar-refractivity contribution in [2.45, 2.75) is 10.9 Å². The lowest BCUT2D eigenvalue weighted by molar-refractivity contribution is 0.788. The van der Waals surface area contributed by atoms with E-state index >= 15 is 0 Å². The van der Waals surface area contributed by atoms with Gasteiger partial charge in [-0.3, -0.25) is 0 Å². The first-order valence-electron chi connectivity index (χ1n) is 6.31. The molecule has 20 heavy (non-hydrogen) atoms. The van der Waals surface area contributed by atoms with Gasteiger partial charge in [0.05, 0.1) is 5.52 Å². The summed E-state index contributed by atoms with van der Waals surface area (Å²) in [5.74, 6) is 1.72. The molecule has 2 heterocycles. The van der Waals surface area contributed by atoms with E-state index in [4.69, 9.17) is 0 Å². The first kappa shape index (κ1) is 12.9. The molecular weight excluding hydrogens is 270 g/mol. The zero-order valence-corrected chi connectivity index (χ0v) is 12.2. The third-order valence-corrected chi connectivity index (χ3v) is 4.15. The Kier molecular flexibility index (Phi) is 3.56. The van der Waals surface area contributed by atoms with Crippen molar-refractivity contribution in [1.29, 1.82) is 0 Å². The van der Waals surface area contributed by atoms with Gasteiger partial charge in [-0.2, -0.15) is 0 Å². The zero-order chi connectivity index (χ0) is 13.9. The summed E-state index contributed by atoms with van der Waals surface area (Å²) in [7, 11) is 3.84. The highest BCUT2D eigenvalue weighted by molar-refractivity contribution is 7.98. The lowest BCUT2D eigenvalue weighted by atomic mass is 10.1. The van der Waals surface area contributed by atoms with Crippen LogP contribution in [0, 0.1) is 0 Å². The summed E-state index contributed by atoms with van der Waals surface area (Å²) < 4.78 is 1.91. The van der Waals surface area contributed by atoms with Gasteiger partial charge in [0, 0.05) is 30.8 Å². The largest absolute Gasteiger partial charge is 0.373 e. The molecule has 2 aromatic heterocycles. The van der Waals surface area contributed by atoms with E-state index in [1.165, 1.54) is 5.56 Å². The average molecular weight is 285 g/mol. The fourth-order valence-electron chi connectivity index (χ4n) is 2.03. The Labute approximate surface area is 121 Å². The highest BCUT2D eigenvalue weighted by atomic mass is 32.2. The van der Waals surface area contributed by atoms with Crippen LogP contribution in [0.3, 0.4) is 0 Å². The summed E-state index contributed by atoms with van der Waals surface area (Å²) >= 11 is 1.65. The van der Waals surface area contributed by atoms with Crippen molar-refractivity contribution in [3.05, 3.63) is 42.2 Å². The second kappa shape index (κ2) is 5.50. The minimum atomic E-state index is 0.806. The molecule has 3 rings (SSSR count). The molecule has 0 aliphatic rings. The third kappa shape index (κ3) is 2.46. The number of hydrogen-bond acceptors (Lipinski definition) is 5. The number of pyridine rings is 1. The molecule has 102 valence electrons. The van der Waals surface area contributed by atoms with Crippen LogP contribution in [0.15, 0.2) is 41.8 Å². The van der Waals surface area contributed by atoms with Crippen LogP contribution in [-0.2, 0) is 12.8 Å². The monoisotopic (exact) mass is 285 g/mol. The van der Waals surface area contributed by atoms with Crippen molar-refractivity contribution >= 4 is 28.5 Å². The number of hydrogen-bond donors (Lipinski definition) is 1. The van der Waals surface area contributed by atoms with Crippen LogP contribution in [0.1, 0.15) is 5.56 Å². The molecule has 5 nitrogen and oxygen atoms in total. The van der Waals surface area contributed by atoms with Crippen molar-refractivity contribution in [1.82, 2.24) is 19.7 Å². The van der Waals surface area contributed by atoms with Gasteiger partial charge in [-0.15, -0.1) is 10.2 Å². The van der Waals surface area contributed by atoms with Crippen LogP contribution in [0.2, 0.25) is 0 Å². The second-order valence-electron chi connectivity index (χ2n) is 4.45. The van der Waals surface area contributed by atoms with E-state index < -0.39 is 0 Å². The van der Waals surface area contributed by atoms with Gasteiger partial charge in [-0.1, -0.05) is 30.0 Å². The summed E-state index contributed by atoms with van der Waals surface area (Å²) in [5, 5.41) is 13.2. The van der Waals surface area contributed by atoms with Gasteiger partial charge in [0.15, 0.2) is 5.16 Å². The van der Waals surface area contributed by atoms with Crippen molar-refractivity contribution in [3.63, 3.8) is 0 Å². The molecule has 0 fully saturated rings. The molecule has 0 unspecified atom stereocenters. The fraction of sp³-hybridized carbons (Fsp3) is 0.214. The van der Waals surface area contributed by atoms with Crippen LogP contribution in [-0.4, -0.2) is 26.8 Å². The van der Waals surface area contributed by atoms with E-state index in [1.54, 1.807) is 18.1 Å². The first-order valence-corrected chi connectivity index (χ1v) is 7.29. The Morgan fingerprint density at radius 1 is 1.30 bits per heavy atom. The van der Waals surface area contributed by atoms with E-state index in [-0.39, 0.29) is 0 Å². The van der Waals surface area contributed by atoms with Gasteiger partial charge >= 0.3 is 0 Å². The summed E-state index contributed by atoms with van der Waals surface area (Å²) in [6.45, 7) is 0. The quantitative estimate of drug-likeness (QED) is 0.747. The van der Waals surface area contributed by atoms with E-state index in [2.05, 4.69) is 32.6 Å². The Morgan fingerprint density at radius 2 is 2.15 bits per heavy atom. The molecule has 6 heteroatoms. The molecule has 0 spiro atoms. The summed E-state index contributed by atoms with van der Waals surface area (Å²) in [6, 6.07) is 10.3. The Balaban J connectivity index is 1.91. The smallest absolute Gasteiger partial charge is 0.191 e. The summed E-state index contributed by atoms with van der Waals surface area (Å²) in [6.07, 6.45) is 1.71. The van der Waals surface area contributed by atoms with Gasteiger partial charge in [0.2, 0.25) is 0 Å². The first-order chi connectivity index (χ1) is 9.78. The SMILES string of the molecule is CNc1nc2ccccc2cc1CSc1nncn1C. The molecule has 1 N–H and O–H groups in total. The van der Waals surface area contributed by atoms with Crippen LogP contribution >= 0.6 is 11.8 Å². The molecule has 0 radical (unpaired) electrons. The predicted molar refractivity (Wildman–Crippen MR) is 81.9 cm³/mol. The van der Waals surface area contributed by atoms with Crippen molar-refractivity contribution in [2.24, 2.45) is 7.05 Å². The second-order valence-corrected chi connectivity index (χ2v) is 5.39. The maximum atomic E-state index is 4.65. The van der Waals surface area contributed by atoms with Crippen LogP contribution in [0.25, 0.3) is 10.9 Å². The van der Waals surface area contributed by atoms with Crippen molar-refractivity contribution in [3.8, 4) is 0 Å². The molecule has 0 saturated carbocycles. The standard InChI is InChI=1S/C14H15N5S/c1-15-13-11(8-20-14-18-16-9-19(14)2)7-10-5-3-4-6-12(10)17-13/h3-7,9H,8H2,1-2H3,(H,15,17). The highest BCUT2D eigenvalue weighted by Gasteiger charge is 2.08. The number of aromatic nitrogens is 4. The Hall–Kier alpha value is -2.08. The number of aryl methyl sites for hydroxylation is 1. The minimum absolute atomic E-state index is 0.806. The van der Waals surface area contributed by atoms with Gasteiger partial charge in [0.1, 0.15) is 12.1 Å². The molecule has 0 bridgehead atoms. The average Bonchev–Trinajstić information content (AvgIpc) is 2.89. The number of thioether (sulfide) groups is 1. The number of nitrogens with zero attached hydrogens (tertiary/aromatic N) is 4. The molecule has 0 amide bonds. The lowest BCUT2D eigenvalue weighted by Gasteiger charge is -2.09. The predicted octanol–water partition coefficient (Wildman–Crippen LogP) is 2.70. The van der Waals surface area contributed by atoms with E-state index in [9.17, 15) is 0 Å². The lowest BCUT2D eigenvalue weighted by Crippen LogP contribution is -1.99. The maximum Gasteiger partial charge on any atom is 0.191 e. The summed E-state index contributed by atoms with van der Waals surface area (Å²) in [5.41, 5.74) is 2.17.